The zero-order valence-electron chi connectivity index (χ0n) is 16.8. The van der Waals surface area contributed by atoms with Gasteiger partial charge in [0.05, 0.1) is 12.2 Å². The van der Waals surface area contributed by atoms with Gasteiger partial charge < -0.3 is 10.1 Å². The highest BCUT2D eigenvalue weighted by Gasteiger charge is 2.36. The van der Waals surface area contributed by atoms with E-state index in [9.17, 15) is 26.7 Å². The maximum Gasteiger partial charge on any atom is 0.435 e. The SMILES string of the molecule is CC[C@H](Cn1nc(C(F)(F)F)cc1C1CCNCC1)OC(=O)Nc1ccc(F)cc1F. The Morgan fingerprint density at radius 1 is 1.29 bits per heavy atom. The van der Waals surface area contributed by atoms with E-state index in [1.54, 1.807) is 6.92 Å². The van der Waals surface area contributed by atoms with E-state index >= 15 is 0 Å². The summed E-state index contributed by atoms with van der Waals surface area (Å²) in [7, 11) is 0. The average Bonchev–Trinajstić information content (AvgIpc) is 3.14. The van der Waals surface area contributed by atoms with Crippen LogP contribution in [0.4, 0.5) is 32.4 Å². The first-order valence-electron chi connectivity index (χ1n) is 9.95. The van der Waals surface area contributed by atoms with Crippen molar-refractivity contribution >= 4 is 11.8 Å². The number of piperidine rings is 1. The van der Waals surface area contributed by atoms with Gasteiger partial charge in [-0.25, -0.2) is 13.6 Å². The first-order valence-corrected chi connectivity index (χ1v) is 9.95. The molecule has 0 bridgehead atoms. The number of ether oxygens (including phenoxy) is 1. The van der Waals surface area contributed by atoms with Gasteiger partial charge in [-0.15, -0.1) is 0 Å². The van der Waals surface area contributed by atoms with E-state index in [2.05, 4.69) is 15.7 Å². The molecule has 1 aromatic carbocycles. The molecule has 1 atom stereocenters. The normalized spacial score (nSPS) is 16.2. The molecule has 1 aromatic heterocycles. The molecule has 170 valence electrons. The molecule has 0 radical (unpaired) electrons. The lowest BCUT2D eigenvalue weighted by Crippen LogP contribution is -2.30. The fourth-order valence-electron chi connectivity index (χ4n) is 3.49. The standard InChI is InChI=1S/C20H23F5N4O2/c1-2-14(31-19(30)27-16-4-3-13(21)9-15(16)22)11-29-17(12-5-7-26-8-6-12)10-18(28-29)20(23,24)25/h3-4,9-10,12,14,26H,2,5-8,11H2,1H3,(H,27,30)/t14-/m1/s1. The third-order valence-electron chi connectivity index (χ3n) is 5.13. The van der Waals surface area contributed by atoms with E-state index in [1.165, 1.54) is 4.68 Å². The number of benzene rings is 1. The number of halogens is 5. The minimum Gasteiger partial charge on any atom is -0.444 e. The number of alkyl halides is 3. The smallest absolute Gasteiger partial charge is 0.435 e. The van der Waals surface area contributed by atoms with Crippen molar-refractivity contribution in [3.8, 4) is 0 Å². The van der Waals surface area contributed by atoms with Gasteiger partial charge in [0.25, 0.3) is 0 Å². The molecule has 31 heavy (non-hydrogen) atoms. The van der Waals surface area contributed by atoms with Crippen molar-refractivity contribution in [1.82, 2.24) is 15.1 Å². The third-order valence-corrected chi connectivity index (χ3v) is 5.13. The lowest BCUT2D eigenvalue weighted by molar-refractivity contribution is -0.141. The van der Waals surface area contributed by atoms with Gasteiger partial charge in [0.1, 0.15) is 17.7 Å². The van der Waals surface area contributed by atoms with Crippen LogP contribution in [0.1, 0.15) is 43.5 Å². The van der Waals surface area contributed by atoms with E-state index in [1.807, 2.05) is 0 Å². The van der Waals surface area contributed by atoms with Crippen LogP contribution in [0, 0.1) is 11.6 Å². The van der Waals surface area contributed by atoms with Gasteiger partial charge in [-0.1, -0.05) is 6.92 Å². The molecule has 2 N–H and O–H groups in total. The Balaban J connectivity index is 1.74. The summed E-state index contributed by atoms with van der Waals surface area (Å²) in [5.74, 6) is -1.86. The first-order chi connectivity index (χ1) is 14.7. The number of carbonyl (C=O) groups excluding carboxylic acids is 1. The van der Waals surface area contributed by atoms with Crippen molar-refractivity contribution in [3.63, 3.8) is 0 Å². The minimum absolute atomic E-state index is 0.0782. The fourth-order valence-corrected chi connectivity index (χ4v) is 3.49. The molecule has 6 nitrogen and oxygen atoms in total. The molecule has 2 aromatic rings. The highest BCUT2D eigenvalue weighted by molar-refractivity contribution is 5.84. The molecule has 1 saturated heterocycles. The summed E-state index contributed by atoms with van der Waals surface area (Å²) < 4.78 is 72.9. The Kier molecular flexibility index (Phi) is 7.14. The van der Waals surface area contributed by atoms with Crippen molar-refractivity contribution in [2.75, 3.05) is 18.4 Å². The molecule has 2 heterocycles. The second-order valence-electron chi connectivity index (χ2n) is 7.34. The van der Waals surface area contributed by atoms with Crippen LogP contribution in [0.25, 0.3) is 0 Å². The summed E-state index contributed by atoms with van der Waals surface area (Å²) >= 11 is 0. The quantitative estimate of drug-likeness (QED) is 0.633. The predicted octanol–water partition coefficient (Wildman–Crippen LogP) is 4.67. The maximum atomic E-state index is 13.7. The van der Waals surface area contributed by atoms with Crippen molar-refractivity contribution in [2.45, 2.75) is 50.9 Å². The summed E-state index contributed by atoms with van der Waals surface area (Å²) in [6, 6.07) is 3.69. The molecule has 1 fully saturated rings. The molecule has 0 aliphatic carbocycles. The maximum absolute atomic E-state index is 13.7. The van der Waals surface area contributed by atoms with Crippen LogP contribution < -0.4 is 10.6 Å². The van der Waals surface area contributed by atoms with Crippen LogP contribution in [0.5, 0.6) is 0 Å². The number of hydrogen-bond donors (Lipinski definition) is 2. The number of aromatic nitrogens is 2. The fraction of sp³-hybridized carbons (Fsp3) is 0.500. The first kappa shape index (κ1) is 23.0. The molecule has 0 saturated carbocycles. The number of rotatable bonds is 6. The van der Waals surface area contributed by atoms with Crippen molar-refractivity contribution in [3.05, 3.63) is 47.3 Å². The Hall–Kier alpha value is -2.69. The van der Waals surface area contributed by atoms with Crippen molar-refractivity contribution in [2.24, 2.45) is 0 Å². The summed E-state index contributed by atoms with van der Waals surface area (Å²) in [4.78, 5) is 12.1. The molecule has 1 amide bonds. The summed E-state index contributed by atoms with van der Waals surface area (Å²) in [6.45, 7) is 3.01. The number of anilines is 1. The van der Waals surface area contributed by atoms with Gasteiger partial charge in [0, 0.05) is 17.7 Å². The second-order valence-corrected chi connectivity index (χ2v) is 7.34. The lowest BCUT2D eigenvalue weighted by atomic mass is 9.94. The molecule has 0 unspecified atom stereocenters. The van der Waals surface area contributed by atoms with E-state index in [4.69, 9.17) is 4.74 Å². The average molecular weight is 446 g/mol. The lowest BCUT2D eigenvalue weighted by Gasteiger charge is -2.25. The molecule has 3 rings (SSSR count). The van der Waals surface area contributed by atoms with Gasteiger partial charge in [-0.05, 0) is 50.6 Å². The van der Waals surface area contributed by atoms with E-state index < -0.39 is 35.7 Å². The van der Waals surface area contributed by atoms with Gasteiger partial charge in [0.15, 0.2) is 5.69 Å². The van der Waals surface area contributed by atoms with E-state index in [0.29, 0.717) is 44.1 Å². The number of amides is 1. The zero-order valence-corrected chi connectivity index (χ0v) is 16.8. The number of hydrogen-bond acceptors (Lipinski definition) is 4. The van der Waals surface area contributed by atoms with Gasteiger partial charge in [-0.3, -0.25) is 10.00 Å². The summed E-state index contributed by atoms with van der Waals surface area (Å²) in [6.07, 6.45) is -4.75. The van der Waals surface area contributed by atoms with Crippen LogP contribution in [0.3, 0.4) is 0 Å². The summed E-state index contributed by atoms with van der Waals surface area (Å²) in [5, 5.41) is 9.06. The van der Waals surface area contributed by atoms with Crippen LogP contribution >= 0.6 is 0 Å². The number of nitrogens with one attached hydrogen (secondary N) is 2. The number of carbonyl (C=O) groups is 1. The minimum atomic E-state index is -4.59. The Bertz CT molecular complexity index is 909. The summed E-state index contributed by atoms with van der Waals surface area (Å²) in [5.41, 5.74) is -0.815. The molecule has 11 heteroatoms. The van der Waals surface area contributed by atoms with E-state index in [0.717, 1.165) is 18.2 Å². The second kappa shape index (κ2) is 9.63. The Morgan fingerprint density at radius 3 is 2.61 bits per heavy atom. The highest BCUT2D eigenvalue weighted by atomic mass is 19.4. The van der Waals surface area contributed by atoms with Crippen LogP contribution in [0.15, 0.2) is 24.3 Å². The monoisotopic (exact) mass is 446 g/mol. The molecule has 1 aliphatic rings. The van der Waals surface area contributed by atoms with E-state index in [-0.39, 0.29) is 18.2 Å². The molecular weight excluding hydrogens is 423 g/mol. The zero-order chi connectivity index (χ0) is 22.6. The molecular formula is C20H23F5N4O2. The van der Waals surface area contributed by atoms with Crippen LogP contribution in [0.2, 0.25) is 0 Å². The van der Waals surface area contributed by atoms with Crippen LogP contribution in [-0.2, 0) is 17.5 Å². The third kappa shape index (κ3) is 5.93. The van der Waals surface area contributed by atoms with Gasteiger partial charge in [0.2, 0.25) is 0 Å². The Morgan fingerprint density at radius 2 is 2.00 bits per heavy atom. The largest absolute Gasteiger partial charge is 0.444 e. The predicted molar refractivity (Wildman–Crippen MR) is 103 cm³/mol. The Labute approximate surface area is 175 Å². The van der Waals surface area contributed by atoms with Gasteiger partial charge in [-0.2, -0.15) is 18.3 Å². The van der Waals surface area contributed by atoms with Crippen molar-refractivity contribution in [1.29, 1.82) is 0 Å². The van der Waals surface area contributed by atoms with Gasteiger partial charge >= 0.3 is 12.3 Å². The topological polar surface area (TPSA) is 68.2 Å². The van der Waals surface area contributed by atoms with Crippen LogP contribution in [-0.4, -0.2) is 35.1 Å². The molecule has 1 aliphatic heterocycles. The molecule has 0 spiro atoms. The van der Waals surface area contributed by atoms with Crippen molar-refractivity contribution < 1.29 is 31.5 Å². The highest BCUT2D eigenvalue weighted by Crippen LogP contribution is 2.33. The number of nitrogens with zero attached hydrogens (tertiary/aromatic N) is 2.